The molecule has 0 aliphatic carbocycles. The van der Waals surface area contributed by atoms with E-state index in [1.54, 1.807) is 24.3 Å². The lowest BCUT2D eigenvalue weighted by Crippen LogP contribution is -2.51. The van der Waals surface area contributed by atoms with Crippen molar-refractivity contribution >= 4 is 21.6 Å². The van der Waals surface area contributed by atoms with Gasteiger partial charge >= 0.3 is 0 Å². The third kappa shape index (κ3) is 3.63. The van der Waals surface area contributed by atoms with Crippen molar-refractivity contribution in [2.24, 2.45) is 0 Å². The van der Waals surface area contributed by atoms with Crippen LogP contribution in [0.4, 0.5) is 0 Å². The minimum Gasteiger partial charge on any atom is -0.350 e. The van der Waals surface area contributed by atoms with Gasteiger partial charge in [-0.3, -0.25) is 0 Å². The van der Waals surface area contributed by atoms with Crippen molar-refractivity contribution in [1.29, 1.82) is 0 Å². The number of nitrogens with zero attached hydrogens (tertiary/aromatic N) is 1. The highest BCUT2D eigenvalue weighted by molar-refractivity contribution is 7.88. The number of hydrogen-bond donors (Lipinski definition) is 0. The first-order chi connectivity index (χ1) is 10.5. The Kier molecular flexibility index (Phi) is 4.75. The smallest absolute Gasteiger partial charge is 0.218 e. The van der Waals surface area contributed by atoms with Crippen molar-refractivity contribution in [3.8, 4) is 0 Å². The largest absolute Gasteiger partial charge is 0.350 e. The molecule has 122 valence electrons. The summed E-state index contributed by atoms with van der Waals surface area (Å²) in [6.07, 6.45) is 2.08. The zero-order chi connectivity index (χ0) is 15.6. The fourth-order valence-corrected chi connectivity index (χ4v) is 4.55. The van der Waals surface area contributed by atoms with Gasteiger partial charge in [0.2, 0.25) is 10.0 Å². The standard InChI is InChI=1S/C15H20ClNO4S/c16-14-4-2-13(3-5-14)12-22(18,19)17-8-6-15(7-9-17)20-10-1-11-21-15/h2-5H,1,6-12H2. The van der Waals surface area contributed by atoms with Crippen molar-refractivity contribution in [1.82, 2.24) is 4.31 Å². The van der Waals surface area contributed by atoms with Crippen LogP contribution in [0.1, 0.15) is 24.8 Å². The van der Waals surface area contributed by atoms with Gasteiger partial charge < -0.3 is 9.47 Å². The highest BCUT2D eigenvalue weighted by atomic mass is 35.5. The number of halogens is 1. The van der Waals surface area contributed by atoms with Crippen LogP contribution in [0.25, 0.3) is 0 Å². The van der Waals surface area contributed by atoms with Crippen molar-refractivity contribution < 1.29 is 17.9 Å². The first kappa shape index (κ1) is 16.2. The molecule has 3 rings (SSSR count). The lowest BCUT2D eigenvalue weighted by Gasteiger charge is -2.42. The maximum atomic E-state index is 12.5. The van der Waals surface area contributed by atoms with Gasteiger partial charge in [0.15, 0.2) is 5.79 Å². The first-order valence-electron chi connectivity index (χ1n) is 7.49. The molecule has 2 heterocycles. The summed E-state index contributed by atoms with van der Waals surface area (Å²) < 4.78 is 38.1. The molecule has 2 saturated heterocycles. The van der Waals surface area contributed by atoms with Gasteiger partial charge in [-0.15, -0.1) is 0 Å². The number of ether oxygens (including phenoxy) is 2. The summed E-state index contributed by atoms with van der Waals surface area (Å²) in [4.78, 5) is 0. The van der Waals surface area contributed by atoms with Crippen molar-refractivity contribution in [2.75, 3.05) is 26.3 Å². The molecule has 2 aliphatic rings. The Bertz CT molecular complexity index is 601. The number of piperidine rings is 1. The van der Waals surface area contributed by atoms with E-state index in [0.717, 1.165) is 12.0 Å². The summed E-state index contributed by atoms with van der Waals surface area (Å²) in [5.41, 5.74) is 0.745. The van der Waals surface area contributed by atoms with E-state index >= 15 is 0 Å². The molecular formula is C15H20ClNO4S. The molecule has 5 nitrogen and oxygen atoms in total. The molecular weight excluding hydrogens is 326 g/mol. The number of sulfonamides is 1. The Morgan fingerprint density at radius 3 is 2.27 bits per heavy atom. The average molecular weight is 346 g/mol. The minimum absolute atomic E-state index is 0.00111. The van der Waals surface area contributed by atoms with Gasteiger partial charge in [-0.25, -0.2) is 12.7 Å². The van der Waals surface area contributed by atoms with E-state index in [9.17, 15) is 8.42 Å². The van der Waals surface area contributed by atoms with Gasteiger partial charge in [0, 0.05) is 31.0 Å². The van der Waals surface area contributed by atoms with Crippen molar-refractivity contribution in [2.45, 2.75) is 30.8 Å². The second kappa shape index (κ2) is 6.45. The Labute approximate surface area is 136 Å². The molecule has 0 unspecified atom stereocenters. The van der Waals surface area contributed by atoms with Crippen molar-refractivity contribution in [3.05, 3.63) is 34.9 Å². The second-order valence-electron chi connectivity index (χ2n) is 5.74. The van der Waals surface area contributed by atoms with Crippen LogP contribution in [0.15, 0.2) is 24.3 Å². The predicted molar refractivity (Wildman–Crippen MR) is 84.1 cm³/mol. The summed E-state index contributed by atoms with van der Waals surface area (Å²) in [5.74, 6) is -0.566. The quantitative estimate of drug-likeness (QED) is 0.844. The first-order valence-corrected chi connectivity index (χ1v) is 9.48. The topological polar surface area (TPSA) is 55.8 Å². The zero-order valence-electron chi connectivity index (χ0n) is 12.3. The van der Waals surface area contributed by atoms with E-state index in [4.69, 9.17) is 21.1 Å². The zero-order valence-corrected chi connectivity index (χ0v) is 13.9. The van der Waals surface area contributed by atoms with Crippen LogP contribution in [0.5, 0.6) is 0 Å². The maximum Gasteiger partial charge on any atom is 0.218 e. The van der Waals surface area contributed by atoms with Crippen LogP contribution < -0.4 is 0 Å². The summed E-state index contributed by atoms with van der Waals surface area (Å²) in [7, 11) is -3.33. The Morgan fingerprint density at radius 2 is 1.68 bits per heavy atom. The van der Waals surface area contributed by atoms with E-state index in [0.29, 0.717) is 44.2 Å². The molecule has 1 spiro atoms. The number of rotatable bonds is 3. The third-order valence-electron chi connectivity index (χ3n) is 4.16. The highest BCUT2D eigenvalue weighted by Gasteiger charge is 2.41. The lowest BCUT2D eigenvalue weighted by molar-refractivity contribution is -0.280. The summed E-state index contributed by atoms with van der Waals surface area (Å²) in [6.45, 7) is 2.26. The third-order valence-corrected chi connectivity index (χ3v) is 6.26. The lowest BCUT2D eigenvalue weighted by atomic mass is 10.0. The monoisotopic (exact) mass is 345 g/mol. The number of hydrogen-bond acceptors (Lipinski definition) is 4. The molecule has 0 saturated carbocycles. The van der Waals surface area contributed by atoms with Gasteiger partial charge in [0.1, 0.15) is 0 Å². The fourth-order valence-electron chi connectivity index (χ4n) is 2.89. The van der Waals surface area contributed by atoms with Crippen LogP contribution in [0.3, 0.4) is 0 Å². The average Bonchev–Trinajstić information content (AvgIpc) is 2.51. The Morgan fingerprint density at radius 1 is 1.09 bits per heavy atom. The van der Waals surface area contributed by atoms with Crippen molar-refractivity contribution in [3.63, 3.8) is 0 Å². The molecule has 1 aromatic carbocycles. The maximum absolute atomic E-state index is 12.5. The number of benzene rings is 1. The molecule has 2 aliphatic heterocycles. The van der Waals surface area contributed by atoms with E-state index in [1.165, 1.54) is 4.31 Å². The predicted octanol–water partition coefficient (Wildman–Crippen LogP) is 2.40. The van der Waals surface area contributed by atoms with Crippen LogP contribution in [-0.4, -0.2) is 44.8 Å². The van der Waals surface area contributed by atoms with Gasteiger partial charge in [0.05, 0.1) is 19.0 Å². The summed E-state index contributed by atoms with van der Waals surface area (Å²) in [5, 5.41) is 0.604. The fraction of sp³-hybridized carbons (Fsp3) is 0.600. The second-order valence-corrected chi connectivity index (χ2v) is 8.15. The summed E-state index contributed by atoms with van der Waals surface area (Å²) in [6, 6.07) is 6.92. The SMILES string of the molecule is O=S(=O)(Cc1ccc(Cl)cc1)N1CCC2(CC1)OCCCO2. The van der Waals surface area contributed by atoms with E-state index in [2.05, 4.69) is 0 Å². The highest BCUT2D eigenvalue weighted by Crippen LogP contribution is 2.32. The van der Waals surface area contributed by atoms with E-state index in [1.807, 2.05) is 0 Å². The van der Waals surface area contributed by atoms with E-state index < -0.39 is 15.8 Å². The van der Waals surface area contributed by atoms with Gasteiger partial charge in [-0.2, -0.15) is 0 Å². The summed E-state index contributed by atoms with van der Waals surface area (Å²) >= 11 is 5.83. The molecule has 7 heteroatoms. The van der Waals surface area contributed by atoms with E-state index in [-0.39, 0.29) is 5.75 Å². The normalized spacial score (nSPS) is 22.8. The molecule has 0 amide bonds. The molecule has 1 aromatic rings. The van der Waals surface area contributed by atoms with Gasteiger partial charge in [-0.05, 0) is 24.1 Å². The minimum atomic E-state index is -3.33. The van der Waals surface area contributed by atoms with Crippen LogP contribution in [0, 0.1) is 0 Å². The Balaban J connectivity index is 1.63. The molecule has 0 radical (unpaired) electrons. The van der Waals surface area contributed by atoms with Crippen LogP contribution >= 0.6 is 11.6 Å². The van der Waals surface area contributed by atoms with Crippen LogP contribution in [0.2, 0.25) is 5.02 Å². The molecule has 0 N–H and O–H groups in total. The Hall–Kier alpha value is -0.660. The van der Waals surface area contributed by atoms with Gasteiger partial charge in [0.25, 0.3) is 0 Å². The van der Waals surface area contributed by atoms with Gasteiger partial charge in [-0.1, -0.05) is 23.7 Å². The molecule has 22 heavy (non-hydrogen) atoms. The molecule has 0 atom stereocenters. The molecule has 0 aromatic heterocycles. The molecule has 0 bridgehead atoms. The molecule has 2 fully saturated rings. The van der Waals surface area contributed by atoms with Crippen LogP contribution in [-0.2, 0) is 25.2 Å².